The van der Waals surface area contributed by atoms with Gasteiger partial charge in [-0.15, -0.1) is 0 Å². The van der Waals surface area contributed by atoms with Gasteiger partial charge in [-0.25, -0.2) is 4.79 Å². The quantitative estimate of drug-likeness (QED) is 0.347. The van der Waals surface area contributed by atoms with E-state index in [-0.39, 0.29) is 12.4 Å². The van der Waals surface area contributed by atoms with E-state index in [1.165, 1.54) is 19.3 Å². The Morgan fingerprint density at radius 1 is 1.50 bits per heavy atom. The van der Waals surface area contributed by atoms with Crippen LogP contribution in [0.1, 0.15) is 13.3 Å². The Kier molecular flexibility index (Phi) is 5.64. The fraction of sp³-hybridized carbons (Fsp3) is 0.308. The van der Waals surface area contributed by atoms with Crippen molar-refractivity contribution in [3.63, 3.8) is 0 Å². The van der Waals surface area contributed by atoms with Gasteiger partial charge in [0.1, 0.15) is 12.4 Å². The van der Waals surface area contributed by atoms with Crippen LogP contribution in [0.5, 0.6) is 5.75 Å². The molecule has 1 rings (SSSR count). The summed E-state index contributed by atoms with van der Waals surface area (Å²) in [4.78, 5) is 20.9. The van der Waals surface area contributed by atoms with Crippen molar-refractivity contribution in [3.05, 3.63) is 45.8 Å². The summed E-state index contributed by atoms with van der Waals surface area (Å²) in [5.74, 6) is -1.28. The van der Waals surface area contributed by atoms with Crippen molar-refractivity contribution in [2.75, 3.05) is 13.7 Å². The number of nitrogens with zero attached hydrogens (tertiary/aromatic N) is 1. The number of hydrogen-bond donors (Lipinski definition) is 0. The average Bonchev–Trinajstić information content (AvgIpc) is 2.42. The maximum absolute atomic E-state index is 13.3. The Labute approximate surface area is 115 Å². The molecule has 0 spiro atoms. The van der Waals surface area contributed by atoms with Crippen molar-refractivity contribution in [1.29, 1.82) is 0 Å². The van der Waals surface area contributed by atoms with Gasteiger partial charge in [0.2, 0.25) is 5.82 Å². The van der Waals surface area contributed by atoms with Gasteiger partial charge in [-0.05, 0) is 18.6 Å². The number of halogens is 1. The Morgan fingerprint density at radius 2 is 2.20 bits per heavy atom. The van der Waals surface area contributed by atoms with E-state index in [2.05, 4.69) is 4.74 Å². The van der Waals surface area contributed by atoms with Crippen LogP contribution in [0.4, 0.5) is 10.1 Å². The predicted molar refractivity (Wildman–Crippen MR) is 68.9 cm³/mol. The molecule has 1 aromatic carbocycles. The van der Waals surface area contributed by atoms with E-state index in [9.17, 15) is 19.3 Å². The zero-order chi connectivity index (χ0) is 15.1. The minimum atomic E-state index is -0.972. The summed E-state index contributed by atoms with van der Waals surface area (Å²) in [5, 5.41) is 10.4. The van der Waals surface area contributed by atoms with Gasteiger partial charge < -0.3 is 9.47 Å². The number of ether oxygens (including phenoxy) is 2. The molecule has 0 saturated carbocycles. The molecule has 0 N–H and O–H groups in total. The molecule has 7 heteroatoms. The first kappa shape index (κ1) is 15.6. The molecular weight excluding hydrogens is 269 g/mol. The van der Waals surface area contributed by atoms with Gasteiger partial charge in [0, 0.05) is 17.7 Å². The number of benzene rings is 1. The molecule has 0 saturated heterocycles. The van der Waals surface area contributed by atoms with Crippen LogP contribution in [-0.4, -0.2) is 24.6 Å². The average molecular weight is 283 g/mol. The molecule has 0 aliphatic heterocycles. The molecule has 0 aliphatic carbocycles. The van der Waals surface area contributed by atoms with E-state index in [1.807, 2.05) is 0 Å². The summed E-state index contributed by atoms with van der Waals surface area (Å²) < 4.78 is 23.1. The molecule has 108 valence electrons. The fourth-order valence-electron chi connectivity index (χ4n) is 1.47. The molecule has 0 radical (unpaired) electrons. The van der Waals surface area contributed by atoms with Crippen LogP contribution >= 0.6 is 0 Å². The molecule has 6 nitrogen and oxygen atoms in total. The van der Waals surface area contributed by atoms with Crippen molar-refractivity contribution in [2.45, 2.75) is 13.3 Å². The van der Waals surface area contributed by atoms with Gasteiger partial charge in [-0.3, -0.25) is 10.1 Å². The highest BCUT2D eigenvalue weighted by Gasteiger charge is 2.14. The van der Waals surface area contributed by atoms with Crippen LogP contribution in [0.2, 0.25) is 0 Å². The second-order valence-electron chi connectivity index (χ2n) is 3.76. The minimum Gasteiger partial charge on any atom is -0.489 e. The lowest BCUT2D eigenvalue weighted by atomic mass is 10.2. The first-order chi connectivity index (χ1) is 9.49. The van der Waals surface area contributed by atoms with Crippen LogP contribution in [0.25, 0.3) is 0 Å². The second-order valence-corrected chi connectivity index (χ2v) is 3.76. The lowest BCUT2D eigenvalue weighted by Gasteiger charge is -2.05. The molecule has 0 atom stereocenters. The highest BCUT2D eigenvalue weighted by atomic mass is 19.1. The van der Waals surface area contributed by atoms with Crippen molar-refractivity contribution >= 4 is 11.7 Å². The maximum atomic E-state index is 13.3. The Morgan fingerprint density at radius 3 is 2.70 bits per heavy atom. The van der Waals surface area contributed by atoms with Gasteiger partial charge in [-0.1, -0.05) is 6.92 Å². The highest BCUT2D eigenvalue weighted by molar-refractivity contribution is 5.88. The van der Waals surface area contributed by atoms with E-state index >= 15 is 0 Å². The smallest absolute Gasteiger partial charge is 0.333 e. The lowest BCUT2D eigenvalue weighted by Crippen LogP contribution is -2.06. The third kappa shape index (κ3) is 4.04. The first-order valence-electron chi connectivity index (χ1n) is 5.83. The van der Waals surface area contributed by atoms with Crippen LogP contribution < -0.4 is 4.74 Å². The van der Waals surface area contributed by atoms with Gasteiger partial charge in [0.05, 0.1) is 12.0 Å². The molecule has 0 aliphatic rings. The summed E-state index contributed by atoms with van der Waals surface area (Å²) in [6.45, 7) is 1.82. The standard InChI is InChI=1S/C13H14FNO5/c1-3-9(13(16)19-2)6-7-20-10-4-5-12(15(17)18)11(14)8-10/h4-6,8H,3,7H2,1-2H3. The SMILES string of the molecule is CCC(=CCOc1ccc([N+](=O)[O-])c(F)c1)C(=O)OC. The normalized spacial score (nSPS) is 11.1. The van der Waals surface area contributed by atoms with E-state index in [0.717, 1.165) is 12.1 Å². The van der Waals surface area contributed by atoms with Gasteiger partial charge in [0.25, 0.3) is 0 Å². The number of hydrogen-bond acceptors (Lipinski definition) is 5. The van der Waals surface area contributed by atoms with Crippen LogP contribution in [0.15, 0.2) is 29.8 Å². The number of methoxy groups -OCH3 is 1. The van der Waals surface area contributed by atoms with Crippen LogP contribution in [0, 0.1) is 15.9 Å². The fourth-order valence-corrected chi connectivity index (χ4v) is 1.47. The summed E-state index contributed by atoms with van der Waals surface area (Å²) in [6, 6.07) is 3.24. The van der Waals surface area contributed by atoms with Crippen molar-refractivity contribution in [2.24, 2.45) is 0 Å². The molecule has 1 aromatic rings. The summed E-state index contributed by atoms with van der Waals surface area (Å²) in [6.07, 6.45) is 2.00. The van der Waals surface area contributed by atoms with Crippen LogP contribution in [0.3, 0.4) is 0 Å². The number of carbonyl (C=O) groups is 1. The largest absolute Gasteiger partial charge is 0.489 e. The van der Waals surface area contributed by atoms with Crippen molar-refractivity contribution < 1.29 is 23.6 Å². The number of nitro groups is 1. The Hall–Kier alpha value is -2.44. The summed E-state index contributed by atoms with van der Waals surface area (Å²) in [7, 11) is 1.28. The van der Waals surface area contributed by atoms with Gasteiger partial charge >= 0.3 is 11.7 Å². The zero-order valence-electron chi connectivity index (χ0n) is 11.1. The highest BCUT2D eigenvalue weighted by Crippen LogP contribution is 2.22. The minimum absolute atomic E-state index is 0.0372. The van der Waals surface area contributed by atoms with Crippen LogP contribution in [-0.2, 0) is 9.53 Å². The predicted octanol–water partition coefficient (Wildman–Crippen LogP) is 2.62. The first-order valence-corrected chi connectivity index (χ1v) is 5.83. The molecule has 0 bridgehead atoms. The number of nitro benzene ring substituents is 1. The zero-order valence-corrected chi connectivity index (χ0v) is 11.1. The summed E-state index contributed by atoms with van der Waals surface area (Å²) >= 11 is 0. The topological polar surface area (TPSA) is 78.7 Å². The van der Waals surface area contributed by atoms with Crippen molar-refractivity contribution in [3.8, 4) is 5.75 Å². The van der Waals surface area contributed by atoms with E-state index in [4.69, 9.17) is 4.74 Å². The molecular formula is C13H14FNO5. The third-order valence-electron chi connectivity index (χ3n) is 2.52. The third-order valence-corrected chi connectivity index (χ3v) is 2.52. The molecule has 0 fully saturated rings. The number of rotatable bonds is 6. The van der Waals surface area contributed by atoms with E-state index in [0.29, 0.717) is 12.0 Å². The van der Waals surface area contributed by atoms with E-state index < -0.39 is 22.4 Å². The van der Waals surface area contributed by atoms with E-state index in [1.54, 1.807) is 6.92 Å². The molecule has 0 heterocycles. The van der Waals surface area contributed by atoms with Crippen molar-refractivity contribution in [1.82, 2.24) is 0 Å². The number of esters is 1. The second kappa shape index (κ2) is 7.22. The Bertz CT molecular complexity index is 542. The van der Waals surface area contributed by atoms with Gasteiger partial charge in [0.15, 0.2) is 0 Å². The summed E-state index contributed by atoms with van der Waals surface area (Å²) in [5.41, 5.74) is -0.174. The Balaban J connectivity index is 2.71. The lowest BCUT2D eigenvalue weighted by molar-refractivity contribution is -0.387. The monoisotopic (exact) mass is 283 g/mol. The number of carbonyl (C=O) groups excluding carboxylic acids is 1. The molecule has 20 heavy (non-hydrogen) atoms. The molecule has 0 aromatic heterocycles. The van der Waals surface area contributed by atoms with Gasteiger partial charge in [-0.2, -0.15) is 4.39 Å². The molecule has 0 unspecified atom stereocenters. The molecule has 0 amide bonds. The maximum Gasteiger partial charge on any atom is 0.333 e.